The van der Waals surface area contributed by atoms with Gasteiger partial charge < -0.3 is 20.3 Å². The summed E-state index contributed by atoms with van der Waals surface area (Å²) < 4.78 is 5.50. The highest BCUT2D eigenvalue weighted by Gasteiger charge is 2.06. The Labute approximate surface area is 158 Å². The van der Waals surface area contributed by atoms with Crippen molar-refractivity contribution in [1.29, 1.82) is 0 Å². The van der Waals surface area contributed by atoms with Crippen molar-refractivity contribution in [3.63, 3.8) is 0 Å². The van der Waals surface area contributed by atoms with E-state index >= 15 is 0 Å². The summed E-state index contributed by atoms with van der Waals surface area (Å²) in [5, 5.41) is 6.09. The number of nitrogens with zero attached hydrogens (tertiary/aromatic N) is 1. The largest absolute Gasteiger partial charge is 0.492 e. The van der Waals surface area contributed by atoms with Crippen molar-refractivity contribution in [3.05, 3.63) is 59.1 Å². The summed E-state index contributed by atoms with van der Waals surface area (Å²) in [6.07, 6.45) is 0.335. The third-order valence-corrected chi connectivity index (χ3v) is 3.79. The zero-order chi connectivity index (χ0) is 18.9. The molecule has 0 fully saturated rings. The molecule has 26 heavy (non-hydrogen) atoms. The van der Waals surface area contributed by atoms with Gasteiger partial charge in [0.05, 0.1) is 13.0 Å². The molecule has 2 aromatic carbocycles. The molecule has 7 heteroatoms. The molecule has 0 aromatic heterocycles. The number of likely N-dealkylation sites (N-methyl/N-ethyl adjacent to an activating group) is 1. The zero-order valence-corrected chi connectivity index (χ0v) is 15.5. The van der Waals surface area contributed by atoms with Gasteiger partial charge in [-0.2, -0.15) is 0 Å². The number of anilines is 1. The molecule has 0 aliphatic carbocycles. The van der Waals surface area contributed by atoms with E-state index in [1.165, 1.54) is 0 Å². The van der Waals surface area contributed by atoms with Crippen LogP contribution in [0.25, 0.3) is 0 Å². The van der Waals surface area contributed by atoms with Crippen LogP contribution in [0.1, 0.15) is 5.56 Å². The number of halogens is 1. The Kier molecular flexibility index (Phi) is 7.29. The molecule has 2 N–H and O–H groups in total. The predicted molar refractivity (Wildman–Crippen MR) is 103 cm³/mol. The molecule has 0 saturated carbocycles. The molecule has 3 amide bonds. The van der Waals surface area contributed by atoms with Crippen LogP contribution in [0, 0.1) is 0 Å². The molecule has 0 heterocycles. The van der Waals surface area contributed by atoms with E-state index in [-0.39, 0.29) is 11.9 Å². The molecule has 2 rings (SSSR count). The number of nitrogens with one attached hydrogen (secondary N) is 2. The zero-order valence-electron chi connectivity index (χ0n) is 14.8. The van der Waals surface area contributed by atoms with Gasteiger partial charge in [-0.1, -0.05) is 23.7 Å². The third kappa shape index (κ3) is 6.64. The van der Waals surface area contributed by atoms with E-state index < -0.39 is 0 Å². The summed E-state index contributed by atoms with van der Waals surface area (Å²) in [6.45, 7) is 0.713. The van der Waals surface area contributed by atoms with Crippen molar-refractivity contribution < 1.29 is 14.3 Å². The lowest BCUT2D eigenvalue weighted by Crippen LogP contribution is -2.32. The molecule has 0 aliphatic rings. The van der Waals surface area contributed by atoms with Crippen LogP contribution in [0.5, 0.6) is 5.75 Å². The minimum atomic E-state index is -0.318. The number of benzene rings is 2. The summed E-state index contributed by atoms with van der Waals surface area (Å²) in [5.74, 6) is 0.726. The van der Waals surface area contributed by atoms with Crippen molar-refractivity contribution in [2.24, 2.45) is 0 Å². The first-order valence-corrected chi connectivity index (χ1v) is 8.54. The van der Waals surface area contributed by atoms with Gasteiger partial charge >= 0.3 is 6.03 Å². The molecule has 0 bridgehead atoms. The number of ether oxygens (including phenoxy) is 1. The molecule has 2 aromatic rings. The average molecular weight is 376 g/mol. The van der Waals surface area contributed by atoms with E-state index in [0.29, 0.717) is 36.0 Å². The van der Waals surface area contributed by atoms with E-state index in [4.69, 9.17) is 16.3 Å². The van der Waals surface area contributed by atoms with Gasteiger partial charge in [0.2, 0.25) is 5.91 Å². The first kappa shape index (κ1) is 19.6. The molecule has 138 valence electrons. The molecule has 0 spiro atoms. The first-order valence-electron chi connectivity index (χ1n) is 8.16. The Hall–Kier alpha value is -2.73. The van der Waals surface area contributed by atoms with Gasteiger partial charge in [-0.05, 0) is 42.0 Å². The Bertz CT molecular complexity index is 731. The van der Waals surface area contributed by atoms with Crippen molar-refractivity contribution >= 4 is 29.2 Å². The fourth-order valence-corrected chi connectivity index (χ4v) is 2.20. The van der Waals surface area contributed by atoms with Crippen molar-refractivity contribution in [2.75, 3.05) is 32.6 Å². The monoisotopic (exact) mass is 375 g/mol. The average Bonchev–Trinajstić information content (AvgIpc) is 2.62. The van der Waals surface area contributed by atoms with Gasteiger partial charge in [0.1, 0.15) is 12.4 Å². The molecule has 0 atom stereocenters. The van der Waals surface area contributed by atoms with Crippen molar-refractivity contribution in [1.82, 2.24) is 10.2 Å². The van der Waals surface area contributed by atoms with Crippen LogP contribution >= 0.6 is 11.6 Å². The van der Waals surface area contributed by atoms with E-state index in [9.17, 15) is 9.59 Å². The van der Waals surface area contributed by atoms with E-state index in [1.807, 2.05) is 12.1 Å². The molecule has 0 radical (unpaired) electrons. The molecule has 0 unspecified atom stereocenters. The fraction of sp³-hybridized carbons (Fsp3) is 0.263. The lowest BCUT2D eigenvalue weighted by molar-refractivity contribution is -0.127. The highest BCUT2D eigenvalue weighted by atomic mass is 35.5. The van der Waals surface area contributed by atoms with Gasteiger partial charge in [-0.25, -0.2) is 4.79 Å². The summed E-state index contributed by atoms with van der Waals surface area (Å²) in [4.78, 5) is 25.1. The van der Waals surface area contributed by atoms with Crippen LogP contribution in [0.4, 0.5) is 10.5 Å². The van der Waals surface area contributed by atoms with Gasteiger partial charge in [0, 0.05) is 24.8 Å². The van der Waals surface area contributed by atoms with Crippen LogP contribution in [-0.2, 0) is 11.2 Å². The van der Waals surface area contributed by atoms with Gasteiger partial charge in [-0.15, -0.1) is 0 Å². The second-order valence-electron chi connectivity index (χ2n) is 5.85. The topological polar surface area (TPSA) is 70.7 Å². The van der Waals surface area contributed by atoms with Crippen LogP contribution in [0.3, 0.4) is 0 Å². The number of hydrogen-bond acceptors (Lipinski definition) is 3. The summed E-state index contributed by atoms with van der Waals surface area (Å²) in [5.41, 5.74) is 1.55. The van der Waals surface area contributed by atoms with Gasteiger partial charge in [0.25, 0.3) is 0 Å². The lowest BCUT2D eigenvalue weighted by Gasteiger charge is -2.11. The third-order valence-electron chi connectivity index (χ3n) is 3.54. The maximum atomic E-state index is 11.9. The molecule has 0 saturated heterocycles. The Morgan fingerprint density at radius 3 is 2.31 bits per heavy atom. The Morgan fingerprint density at radius 2 is 1.69 bits per heavy atom. The van der Waals surface area contributed by atoms with E-state index in [1.54, 1.807) is 55.4 Å². The van der Waals surface area contributed by atoms with Gasteiger partial charge in [-0.3, -0.25) is 4.79 Å². The van der Waals surface area contributed by atoms with Crippen LogP contribution in [0.2, 0.25) is 5.02 Å². The smallest absolute Gasteiger partial charge is 0.319 e. The summed E-state index contributed by atoms with van der Waals surface area (Å²) >= 11 is 5.80. The van der Waals surface area contributed by atoms with Crippen molar-refractivity contribution in [3.8, 4) is 5.75 Å². The number of urea groups is 1. The van der Waals surface area contributed by atoms with E-state index in [0.717, 1.165) is 5.56 Å². The highest BCUT2D eigenvalue weighted by molar-refractivity contribution is 6.30. The first-order chi connectivity index (χ1) is 12.4. The van der Waals surface area contributed by atoms with Crippen molar-refractivity contribution in [2.45, 2.75) is 6.42 Å². The Morgan fingerprint density at radius 1 is 1.04 bits per heavy atom. The van der Waals surface area contributed by atoms with Crippen LogP contribution < -0.4 is 15.4 Å². The second kappa shape index (κ2) is 9.68. The van der Waals surface area contributed by atoms with Crippen LogP contribution in [-0.4, -0.2) is 44.1 Å². The minimum Gasteiger partial charge on any atom is -0.492 e. The second-order valence-corrected chi connectivity index (χ2v) is 6.28. The predicted octanol–water partition coefficient (Wildman–Crippen LogP) is 3.17. The van der Waals surface area contributed by atoms with Gasteiger partial charge in [0.15, 0.2) is 0 Å². The number of carbonyl (C=O) groups is 2. The molecule has 0 aliphatic heterocycles. The maximum absolute atomic E-state index is 11.9. The molecular formula is C19H22ClN3O3. The number of hydrogen-bond donors (Lipinski definition) is 2. The maximum Gasteiger partial charge on any atom is 0.319 e. The van der Waals surface area contributed by atoms with E-state index in [2.05, 4.69) is 10.6 Å². The number of carbonyl (C=O) groups excluding carboxylic acids is 2. The summed E-state index contributed by atoms with van der Waals surface area (Å²) in [7, 11) is 3.44. The Balaban J connectivity index is 1.70. The normalized spacial score (nSPS) is 10.1. The fourth-order valence-electron chi connectivity index (χ4n) is 2.08. The molecular weight excluding hydrogens is 354 g/mol. The number of rotatable bonds is 7. The minimum absolute atomic E-state index is 0.0316. The summed E-state index contributed by atoms with van der Waals surface area (Å²) in [6, 6.07) is 13.9. The van der Waals surface area contributed by atoms with Crippen LogP contribution in [0.15, 0.2) is 48.5 Å². The standard InChI is InChI=1S/C19H22ClN3O3/c1-23(2)18(24)13-14-3-7-16(8-4-14)22-19(25)21-11-12-26-17-9-5-15(20)6-10-17/h3-10H,11-13H2,1-2H3,(H2,21,22,25). The quantitative estimate of drug-likeness (QED) is 0.730. The lowest BCUT2D eigenvalue weighted by atomic mass is 10.1. The SMILES string of the molecule is CN(C)C(=O)Cc1ccc(NC(=O)NCCOc2ccc(Cl)cc2)cc1. The molecule has 6 nitrogen and oxygen atoms in total. The number of amides is 3. The highest BCUT2D eigenvalue weighted by Crippen LogP contribution is 2.15.